The van der Waals surface area contributed by atoms with Crippen LogP contribution < -0.4 is 5.43 Å². The van der Waals surface area contributed by atoms with Crippen LogP contribution in [-0.2, 0) is 17.5 Å². The molecule has 29 heavy (non-hydrogen) atoms. The van der Waals surface area contributed by atoms with Gasteiger partial charge in [-0.2, -0.15) is 5.10 Å². The van der Waals surface area contributed by atoms with Crippen molar-refractivity contribution in [2.75, 3.05) is 7.11 Å². The van der Waals surface area contributed by atoms with E-state index in [1.54, 1.807) is 54.5 Å². The largest absolute Gasteiger partial charge is 0.465 e. The van der Waals surface area contributed by atoms with Gasteiger partial charge < -0.3 is 9.30 Å². The van der Waals surface area contributed by atoms with Crippen molar-refractivity contribution >= 4 is 29.9 Å². The average Bonchev–Trinajstić information content (AvgIpc) is 3.17. The second-order valence-corrected chi connectivity index (χ2v) is 6.93. The van der Waals surface area contributed by atoms with Gasteiger partial charge in [-0.25, -0.2) is 10.2 Å². The molecule has 2 aromatic carbocycles. The van der Waals surface area contributed by atoms with Crippen molar-refractivity contribution in [1.29, 1.82) is 0 Å². The highest BCUT2D eigenvalue weighted by atomic mass is 32.2. The van der Waals surface area contributed by atoms with Crippen LogP contribution in [-0.4, -0.2) is 40.0 Å². The van der Waals surface area contributed by atoms with E-state index in [0.717, 1.165) is 16.5 Å². The fraction of sp³-hybridized carbons (Fsp3) is 0.150. The molecule has 1 heterocycles. The minimum atomic E-state index is -0.465. The van der Waals surface area contributed by atoms with E-state index in [1.807, 2.05) is 23.7 Å². The maximum Gasteiger partial charge on any atom is 0.338 e. The maximum absolute atomic E-state index is 12.3. The Morgan fingerprint density at radius 1 is 1.21 bits per heavy atom. The molecule has 1 aromatic heterocycles. The van der Waals surface area contributed by atoms with Crippen LogP contribution in [0.5, 0.6) is 0 Å². The second-order valence-electron chi connectivity index (χ2n) is 5.99. The van der Waals surface area contributed by atoms with Crippen molar-refractivity contribution in [3.8, 4) is 0 Å². The average molecular weight is 409 g/mol. The molecule has 0 aliphatic rings. The molecule has 0 aliphatic carbocycles. The number of hydrogen-bond acceptors (Lipinski definition) is 7. The number of hydrazone groups is 1. The molecule has 9 heteroatoms. The first kappa shape index (κ1) is 20.3. The third kappa shape index (κ3) is 5.29. The molecular weight excluding hydrogens is 390 g/mol. The molecule has 1 amide bonds. The third-order valence-corrected chi connectivity index (χ3v) is 5.10. The number of ether oxygens (including phenoxy) is 1. The Morgan fingerprint density at radius 3 is 2.66 bits per heavy atom. The lowest BCUT2D eigenvalue weighted by molar-refractivity contribution is 0.0600. The van der Waals surface area contributed by atoms with Crippen molar-refractivity contribution in [1.82, 2.24) is 20.2 Å². The standard InChI is InChI=1S/C20H19N5O3S/c1-25-13-22-24-20(25)29-12-14-7-9-15(10-8-14)18(26)23-21-11-16-5-3-4-6-17(16)19(27)28-2/h3-11,13H,12H2,1-2H3,(H,23,26)/b21-11-. The Bertz CT molecular complexity index is 1030. The molecule has 0 bridgehead atoms. The smallest absolute Gasteiger partial charge is 0.338 e. The summed E-state index contributed by atoms with van der Waals surface area (Å²) in [4.78, 5) is 24.0. The fourth-order valence-electron chi connectivity index (χ4n) is 2.43. The van der Waals surface area contributed by atoms with E-state index >= 15 is 0 Å². The molecule has 0 saturated heterocycles. The topological polar surface area (TPSA) is 98.5 Å². The number of aromatic nitrogens is 3. The Balaban J connectivity index is 1.58. The highest BCUT2D eigenvalue weighted by Gasteiger charge is 2.10. The van der Waals surface area contributed by atoms with Gasteiger partial charge in [-0.3, -0.25) is 4.79 Å². The van der Waals surface area contributed by atoms with Gasteiger partial charge in [0, 0.05) is 23.9 Å². The molecule has 0 saturated carbocycles. The number of benzene rings is 2. The molecular formula is C20H19N5O3S. The number of nitrogens with one attached hydrogen (secondary N) is 1. The highest BCUT2D eigenvalue weighted by Crippen LogP contribution is 2.20. The fourth-order valence-corrected chi connectivity index (χ4v) is 3.28. The Kier molecular flexibility index (Phi) is 6.75. The summed E-state index contributed by atoms with van der Waals surface area (Å²) < 4.78 is 6.59. The summed E-state index contributed by atoms with van der Waals surface area (Å²) in [6, 6.07) is 14.1. The van der Waals surface area contributed by atoms with E-state index in [1.165, 1.54) is 13.3 Å². The van der Waals surface area contributed by atoms with E-state index in [0.29, 0.717) is 16.7 Å². The van der Waals surface area contributed by atoms with E-state index in [-0.39, 0.29) is 5.91 Å². The summed E-state index contributed by atoms with van der Waals surface area (Å²) in [6.07, 6.45) is 3.07. The number of methoxy groups -OCH3 is 1. The van der Waals surface area contributed by atoms with Crippen molar-refractivity contribution in [3.05, 3.63) is 77.1 Å². The summed E-state index contributed by atoms with van der Waals surface area (Å²) >= 11 is 1.57. The molecule has 0 spiro atoms. The second kappa shape index (κ2) is 9.65. The first-order valence-corrected chi connectivity index (χ1v) is 9.63. The Labute approximate surface area is 172 Å². The molecule has 0 aliphatic heterocycles. The van der Waals surface area contributed by atoms with Crippen molar-refractivity contribution < 1.29 is 14.3 Å². The summed E-state index contributed by atoms with van der Waals surface area (Å²) in [5.74, 6) is -0.0888. The van der Waals surface area contributed by atoms with E-state index < -0.39 is 5.97 Å². The Morgan fingerprint density at radius 2 is 1.97 bits per heavy atom. The lowest BCUT2D eigenvalue weighted by atomic mass is 10.1. The number of nitrogens with zero attached hydrogens (tertiary/aromatic N) is 4. The molecule has 0 radical (unpaired) electrons. The maximum atomic E-state index is 12.3. The monoisotopic (exact) mass is 409 g/mol. The number of aryl methyl sites for hydroxylation is 1. The van der Waals surface area contributed by atoms with Crippen LogP contribution in [0.2, 0.25) is 0 Å². The molecule has 1 N–H and O–H groups in total. The van der Waals surface area contributed by atoms with Gasteiger partial charge in [-0.15, -0.1) is 10.2 Å². The van der Waals surface area contributed by atoms with Crippen LogP contribution in [0, 0.1) is 0 Å². The summed E-state index contributed by atoms with van der Waals surface area (Å²) in [5.41, 5.74) is 4.93. The normalized spacial score (nSPS) is 10.8. The number of carbonyl (C=O) groups excluding carboxylic acids is 2. The van der Waals surface area contributed by atoms with Gasteiger partial charge in [0.1, 0.15) is 6.33 Å². The number of hydrogen-bond donors (Lipinski definition) is 1. The zero-order valence-corrected chi connectivity index (χ0v) is 16.7. The Hall–Kier alpha value is -3.46. The SMILES string of the molecule is COC(=O)c1ccccc1/C=N\NC(=O)c1ccc(CSc2nncn2C)cc1. The number of carbonyl (C=O) groups is 2. The molecule has 8 nitrogen and oxygen atoms in total. The predicted octanol–water partition coefficient (Wildman–Crippen LogP) is 2.66. The lowest BCUT2D eigenvalue weighted by Gasteiger charge is -2.04. The van der Waals surface area contributed by atoms with Crippen LogP contribution in [0.1, 0.15) is 31.8 Å². The number of esters is 1. The summed E-state index contributed by atoms with van der Waals surface area (Å²) in [6.45, 7) is 0. The van der Waals surface area contributed by atoms with Crippen LogP contribution >= 0.6 is 11.8 Å². The van der Waals surface area contributed by atoms with Crippen LogP contribution in [0.4, 0.5) is 0 Å². The first-order chi connectivity index (χ1) is 14.1. The number of amides is 1. The third-order valence-electron chi connectivity index (χ3n) is 3.99. The molecule has 0 unspecified atom stereocenters. The van der Waals surface area contributed by atoms with Gasteiger partial charge in [0.2, 0.25) is 0 Å². The molecule has 3 aromatic rings. The van der Waals surface area contributed by atoms with Gasteiger partial charge in [0.15, 0.2) is 5.16 Å². The van der Waals surface area contributed by atoms with E-state index in [2.05, 4.69) is 20.7 Å². The zero-order valence-electron chi connectivity index (χ0n) is 15.9. The quantitative estimate of drug-likeness (QED) is 0.279. The highest BCUT2D eigenvalue weighted by molar-refractivity contribution is 7.98. The number of rotatable bonds is 7. The van der Waals surface area contributed by atoms with E-state index in [9.17, 15) is 9.59 Å². The van der Waals surface area contributed by atoms with Crippen molar-refractivity contribution in [3.63, 3.8) is 0 Å². The van der Waals surface area contributed by atoms with Gasteiger partial charge in [0.25, 0.3) is 5.91 Å². The lowest BCUT2D eigenvalue weighted by Crippen LogP contribution is -2.17. The van der Waals surface area contributed by atoms with Crippen LogP contribution in [0.15, 0.2) is 65.1 Å². The minimum absolute atomic E-state index is 0.343. The first-order valence-electron chi connectivity index (χ1n) is 8.65. The minimum Gasteiger partial charge on any atom is -0.465 e. The van der Waals surface area contributed by atoms with Crippen LogP contribution in [0.3, 0.4) is 0 Å². The van der Waals surface area contributed by atoms with E-state index in [4.69, 9.17) is 4.74 Å². The molecule has 148 valence electrons. The summed E-state index contributed by atoms with van der Waals surface area (Å²) in [5, 5.41) is 12.6. The van der Waals surface area contributed by atoms with Crippen molar-refractivity contribution in [2.45, 2.75) is 10.9 Å². The van der Waals surface area contributed by atoms with Gasteiger partial charge in [0.05, 0.1) is 18.9 Å². The predicted molar refractivity (Wildman–Crippen MR) is 110 cm³/mol. The number of thioether (sulfide) groups is 1. The molecule has 0 fully saturated rings. The molecule has 3 rings (SSSR count). The zero-order chi connectivity index (χ0) is 20.6. The van der Waals surface area contributed by atoms with Gasteiger partial charge in [-0.05, 0) is 23.8 Å². The molecule has 0 atom stereocenters. The summed E-state index contributed by atoms with van der Waals surface area (Å²) in [7, 11) is 3.20. The van der Waals surface area contributed by atoms with Gasteiger partial charge in [-0.1, -0.05) is 42.1 Å². The van der Waals surface area contributed by atoms with Gasteiger partial charge >= 0.3 is 5.97 Å². The van der Waals surface area contributed by atoms with Crippen molar-refractivity contribution in [2.24, 2.45) is 12.1 Å². The van der Waals surface area contributed by atoms with Crippen LogP contribution in [0.25, 0.3) is 0 Å².